The second kappa shape index (κ2) is 7.79. The van der Waals surface area contributed by atoms with E-state index in [1.807, 2.05) is 6.07 Å². The van der Waals surface area contributed by atoms with Crippen LogP contribution >= 0.6 is 11.6 Å². The number of benzene rings is 2. The summed E-state index contributed by atoms with van der Waals surface area (Å²) >= 11 is 6.05. The van der Waals surface area contributed by atoms with Gasteiger partial charge in [0.1, 0.15) is 12.4 Å². The predicted octanol–water partition coefficient (Wildman–Crippen LogP) is 4.30. The zero-order valence-electron chi connectivity index (χ0n) is 13.0. The molecule has 0 spiro atoms. The van der Waals surface area contributed by atoms with Gasteiger partial charge in [0, 0.05) is 11.1 Å². The minimum absolute atomic E-state index is 0.103. The molecular weight excluding hydrogens is 316 g/mol. The van der Waals surface area contributed by atoms with Crippen LogP contribution in [-0.2, 0) is 11.3 Å². The highest BCUT2D eigenvalue weighted by atomic mass is 35.5. The molecule has 2 aromatic rings. The fourth-order valence-corrected chi connectivity index (χ4v) is 2.39. The number of ether oxygens (including phenoxy) is 2. The quantitative estimate of drug-likeness (QED) is 0.584. The lowest BCUT2D eigenvalue weighted by atomic mass is 10.1. The highest BCUT2D eigenvalue weighted by Gasteiger charge is 2.13. The molecule has 0 aromatic heterocycles. The third kappa shape index (κ3) is 4.33. The van der Waals surface area contributed by atoms with E-state index in [-0.39, 0.29) is 18.4 Å². The number of esters is 1. The van der Waals surface area contributed by atoms with E-state index in [0.717, 1.165) is 5.56 Å². The van der Waals surface area contributed by atoms with E-state index in [9.17, 15) is 9.59 Å². The van der Waals surface area contributed by atoms with Crippen molar-refractivity contribution in [3.8, 4) is 5.75 Å². The molecular formula is C18H17ClO4. The molecule has 5 heteroatoms. The van der Waals surface area contributed by atoms with Crippen molar-refractivity contribution in [2.45, 2.75) is 20.5 Å². The van der Waals surface area contributed by atoms with E-state index < -0.39 is 0 Å². The van der Waals surface area contributed by atoms with Gasteiger partial charge in [0.25, 0.3) is 0 Å². The largest absolute Gasteiger partial charge is 0.489 e. The Morgan fingerprint density at radius 3 is 2.48 bits per heavy atom. The summed E-state index contributed by atoms with van der Waals surface area (Å²) in [5, 5.41) is 0.341. The number of ketones is 1. The average Bonchev–Trinajstić information content (AvgIpc) is 2.53. The molecule has 0 N–H and O–H groups in total. The SMILES string of the molecule is CCOC(=O)c1ccccc1COc1ccc(C(C)=O)c(Cl)c1. The molecule has 0 aliphatic heterocycles. The van der Waals surface area contributed by atoms with Crippen LogP contribution in [-0.4, -0.2) is 18.4 Å². The minimum atomic E-state index is -0.378. The highest BCUT2D eigenvalue weighted by Crippen LogP contribution is 2.24. The van der Waals surface area contributed by atoms with Gasteiger partial charge in [-0.05, 0) is 38.1 Å². The molecule has 0 saturated carbocycles. The Kier molecular flexibility index (Phi) is 5.77. The van der Waals surface area contributed by atoms with Gasteiger partial charge in [0.2, 0.25) is 0 Å². The number of carbonyl (C=O) groups excluding carboxylic acids is 2. The summed E-state index contributed by atoms with van der Waals surface area (Å²) in [6, 6.07) is 12.0. The van der Waals surface area contributed by atoms with Crippen molar-refractivity contribution in [1.29, 1.82) is 0 Å². The molecule has 0 fully saturated rings. The molecule has 0 bridgehead atoms. The van der Waals surface area contributed by atoms with Gasteiger partial charge in [0.15, 0.2) is 5.78 Å². The van der Waals surface area contributed by atoms with E-state index in [2.05, 4.69) is 0 Å². The van der Waals surface area contributed by atoms with Crippen LogP contribution in [0.15, 0.2) is 42.5 Å². The van der Waals surface area contributed by atoms with Crippen molar-refractivity contribution in [2.24, 2.45) is 0 Å². The molecule has 23 heavy (non-hydrogen) atoms. The van der Waals surface area contributed by atoms with Crippen molar-refractivity contribution in [1.82, 2.24) is 0 Å². The van der Waals surface area contributed by atoms with Gasteiger partial charge in [-0.25, -0.2) is 4.79 Å². The van der Waals surface area contributed by atoms with Crippen molar-refractivity contribution in [3.05, 3.63) is 64.2 Å². The Morgan fingerprint density at radius 1 is 1.09 bits per heavy atom. The predicted molar refractivity (Wildman–Crippen MR) is 88.2 cm³/mol. The summed E-state index contributed by atoms with van der Waals surface area (Å²) < 4.78 is 10.7. The van der Waals surface area contributed by atoms with Crippen molar-refractivity contribution < 1.29 is 19.1 Å². The molecule has 0 heterocycles. The van der Waals surface area contributed by atoms with Crippen LogP contribution in [0.4, 0.5) is 0 Å². The lowest BCUT2D eigenvalue weighted by Gasteiger charge is -2.11. The normalized spacial score (nSPS) is 10.2. The standard InChI is InChI=1S/C18H17ClO4/c1-3-22-18(21)16-7-5-4-6-13(16)11-23-14-8-9-15(12(2)20)17(19)10-14/h4-10H,3,11H2,1-2H3. The second-order valence-electron chi connectivity index (χ2n) is 4.86. The smallest absolute Gasteiger partial charge is 0.338 e. The number of hydrogen-bond donors (Lipinski definition) is 0. The molecule has 2 aromatic carbocycles. The molecule has 0 unspecified atom stereocenters. The molecule has 120 valence electrons. The van der Waals surface area contributed by atoms with Crippen molar-refractivity contribution in [2.75, 3.05) is 6.61 Å². The van der Waals surface area contributed by atoms with Crippen LogP contribution in [0, 0.1) is 0 Å². The van der Waals surface area contributed by atoms with Crippen LogP contribution in [0.2, 0.25) is 5.02 Å². The van der Waals surface area contributed by atoms with E-state index in [1.54, 1.807) is 43.3 Å². The zero-order valence-corrected chi connectivity index (χ0v) is 13.7. The molecule has 0 aliphatic carbocycles. The third-order valence-corrected chi connectivity index (χ3v) is 3.54. The summed E-state index contributed by atoms with van der Waals surface area (Å²) in [5.41, 5.74) is 1.64. The van der Waals surface area contributed by atoms with Gasteiger partial charge in [-0.2, -0.15) is 0 Å². The average molecular weight is 333 g/mol. The second-order valence-corrected chi connectivity index (χ2v) is 5.27. The molecule has 4 nitrogen and oxygen atoms in total. The Labute approximate surface area is 140 Å². The molecule has 0 aliphatic rings. The molecule has 0 atom stereocenters. The van der Waals surface area contributed by atoms with Crippen LogP contribution in [0.25, 0.3) is 0 Å². The molecule has 0 radical (unpaired) electrons. The minimum Gasteiger partial charge on any atom is -0.489 e. The van der Waals surface area contributed by atoms with Crippen LogP contribution in [0.3, 0.4) is 0 Å². The fourth-order valence-electron chi connectivity index (χ4n) is 2.09. The number of hydrogen-bond acceptors (Lipinski definition) is 4. The topological polar surface area (TPSA) is 52.6 Å². The summed E-state index contributed by atoms with van der Waals surface area (Å²) in [6.07, 6.45) is 0. The van der Waals surface area contributed by atoms with Crippen molar-refractivity contribution in [3.63, 3.8) is 0 Å². The first kappa shape index (κ1) is 17.0. The van der Waals surface area contributed by atoms with Crippen LogP contribution < -0.4 is 4.74 Å². The molecule has 0 amide bonds. The van der Waals surface area contributed by atoms with Gasteiger partial charge in [0.05, 0.1) is 17.2 Å². The van der Waals surface area contributed by atoms with Gasteiger partial charge >= 0.3 is 5.97 Å². The molecule has 0 saturated heterocycles. The van der Waals surface area contributed by atoms with E-state index in [4.69, 9.17) is 21.1 Å². The third-order valence-electron chi connectivity index (χ3n) is 3.23. The van der Waals surface area contributed by atoms with Crippen molar-refractivity contribution >= 4 is 23.4 Å². The van der Waals surface area contributed by atoms with Gasteiger partial charge in [-0.15, -0.1) is 0 Å². The zero-order chi connectivity index (χ0) is 16.8. The summed E-state index contributed by atoms with van der Waals surface area (Å²) in [4.78, 5) is 23.3. The summed E-state index contributed by atoms with van der Waals surface area (Å²) in [6.45, 7) is 3.73. The first-order valence-electron chi connectivity index (χ1n) is 7.21. The number of halogens is 1. The van der Waals surface area contributed by atoms with Gasteiger partial charge < -0.3 is 9.47 Å². The fraction of sp³-hybridized carbons (Fsp3) is 0.222. The Hall–Kier alpha value is -2.33. The Morgan fingerprint density at radius 2 is 1.83 bits per heavy atom. The maximum Gasteiger partial charge on any atom is 0.338 e. The van der Waals surface area contributed by atoms with E-state index >= 15 is 0 Å². The number of rotatable bonds is 6. The van der Waals surface area contributed by atoms with E-state index in [1.165, 1.54) is 6.92 Å². The first-order chi connectivity index (χ1) is 11.0. The van der Waals surface area contributed by atoms with E-state index in [0.29, 0.717) is 28.5 Å². The maximum atomic E-state index is 11.9. The maximum absolute atomic E-state index is 11.9. The molecule has 2 rings (SSSR count). The monoisotopic (exact) mass is 332 g/mol. The van der Waals surface area contributed by atoms with Gasteiger partial charge in [-0.3, -0.25) is 4.79 Å². The Bertz CT molecular complexity index is 725. The number of carbonyl (C=O) groups is 2. The van der Waals surface area contributed by atoms with Crippen LogP contribution in [0.5, 0.6) is 5.75 Å². The lowest BCUT2D eigenvalue weighted by molar-refractivity contribution is 0.0523. The highest BCUT2D eigenvalue weighted by molar-refractivity contribution is 6.34. The van der Waals surface area contributed by atoms with Crippen LogP contribution in [0.1, 0.15) is 40.1 Å². The lowest BCUT2D eigenvalue weighted by Crippen LogP contribution is -2.09. The first-order valence-corrected chi connectivity index (χ1v) is 7.59. The Balaban J connectivity index is 2.14. The summed E-state index contributed by atoms with van der Waals surface area (Å²) in [5.74, 6) is 0.0459. The summed E-state index contributed by atoms with van der Waals surface area (Å²) in [7, 11) is 0. The van der Waals surface area contributed by atoms with Gasteiger partial charge in [-0.1, -0.05) is 29.8 Å². The number of Topliss-reactive ketones (excluding diaryl/α,β-unsaturated/α-hetero) is 1.